The molecule has 0 amide bonds. The van der Waals surface area contributed by atoms with Crippen molar-refractivity contribution in [2.24, 2.45) is 0 Å². The molecule has 0 saturated carbocycles. The number of aryl methyl sites for hydroxylation is 5. The molecule has 0 aliphatic rings. The quantitative estimate of drug-likeness (QED) is 0.165. The Morgan fingerprint density at radius 2 is 1.42 bits per heavy atom. The smallest absolute Gasteiger partial charge is 0.216 e. The summed E-state index contributed by atoms with van der Waals surface area (Å²) >= 11 is 0. The molecule has 0 N–H and O–H groups in total. The molecule has 1 radical (unpaired) electrons. The standard InChI is InChI=1S/C27H18N3O.C20H18N.Ir/c1-16-13-24-19(5-4-11-28-24)14-23(16)18-10-12-29-25(15-18)22-7-3-6-20-21-9-8-17(2)30-27(21)31-26(20)22;1-14-9-10-18(20-11-15(2)16(3)13-21-20)12-19(14)17-7-5-4-6-8-17;/h3-6,8-15H,1-2H3;4-9,11-13H,1-3H3;/q2*-1;. The first-order valence-corrected chi connectivity index (χ1v) is 17.4. The SMILES string of the molecule is Cc1ccc2c(n1)oc1c(-c3cc(-c4cc5cccnc5cc4C)ccn3)[c-]ccc12.Cc1cnc(-c2[c-]cc(C)c(-c3ccccc3)c2)cc1C.[Ir]. The first kappa shape index (κ1) is 35.6. The average molecular weight is 865 g/mol. The van der Waals surface area contributed by atoms with E-state index < -0.39 is 0 Å². The van der Waals surface area contributed by atoms with Gasteiger partial charge in [0, 0.05) is 55.2 Å². The Balaban J connectivity index is 0.000000174. The van der Waals surface area contributed by atoms with E-state index in [4.69, 9.17) is 4.42 Å². The monoisotopic (exact) mass is 865 g/mol. The van der Waals surface area contributed by atoms with Crippen LogP contribution < -0.4 is 0 Å². The summed E-state index contributed by atoms with van der Waals surface area (Å²) in [6.07, 6.45) is 5.60. The number of pyridine rings is 4. The Bertz CT molecular complexity index is 2750. The van der Waals surface area contributed by atoms with Gasteiger partial charge in [-0.05, 0) is 103 Å². The normalized spacial score (nSPS) is 11.0. The molecule has 0 bridgehead atoms. The molecule has 53 heavy (non-hydrogen) atoms. The first-order valence-electron chi connectivity index (χ1n) is 17.4. The van der Waals surface area contributed by atoms with Crippen LogP contribution in [0.3, 0.4) is 0 Å². The maximum absolute atomic E-state index is 6.16. The second kappa shape index (κ2) is 15.0. The second-order valence-electron chi connectivity index (χ2n) is 13.3. The van der Waals surface area contributed by atoms with Crippen molar-refractivity contribution in [1.82, 2.24) is 19.9 Å². The summed E-state index contributed by atoms with van der Waals surface area (Å²) in [4.78, 5) is 18.2. The summed E-state index contributed by atoms with van der Waals surface area (Å²) in [5.41, 5.74) is 16.6. The predicted molar refractivity (Wildman–Crippen MR) is 212 cm³/mol. The van der Waals surface area contributed by atoms with Crippen molar-refractivity contribution in [3.8, 4) is 44.8 Å². The van der Waals surface area contributed by atoms with Gasteiger partial charge in [-0.1, -0.05) is 77.5 Å². The number of hydrogen-bond donors (Lipinski definition) is 0. The van der Waals surface area contributed by atoms with Gasteiger partial charge in [0.25, 0.3) is 0 Å². The first-order chi connectivity index (χ1) is 25.3. The van der Waals surface area contributed by atoms with Crippen LogP contribution in [0.2, 0.25) is 0 Å². The molecule has 0 spiro atoms. The van der Waals surface area contributed by atoms with Gasteiger partial charge in [-0.25, -0.2) is 4.98 Å². The van der Waals surface area contributed by atoms with Crippen molar-refractivity contribution in [3.05, 3.63) is 168 Å². The van der Waals surface area contributed by atoms with Gasteiger partial charge in [0.2, 0.25) is 5.71 Å². The van der Waals surface area contributed by atoms with Crippen LogP contribution in [-0.2, 0) is 20.1 Å². The van der Waals surface area contributed by atoms with Crippen molar-refractivity contribution < 1.29 is 24.5 Å². The number of nitrogens with zero attached hydrogens (tertiary/aromatic N) is 4. The molecular weight excluding hydrogens is 829 g/mol. The predicted octanol–water partition coefficient (Wildman–Crippen LogP) is 11.8. The van der Waals surface area contributed by atoms with Crippen LogP contribution in [0.1, 0.15) is 27.9 Å². The molecular formula is C47H36IrN4O-2. The summed E-state index contributed by atoms with van der Waals surface area (Å²) in [7, 11) is 0. The second-order valence-corrected chi connectivity index (χ2v) is 13.3. The van der Waals surface area contributed by atoms with Gasteiger partial charge in [-0.3, -0.25) is 4.98 Å². The van der Waals surface area contributed by atoms with E-state index in [1.54, 1.807) is 0 Å². The third kappa shape index (κ3) is 7.17. The van der Waals surface area contributed by atoms with Crippen molar-refractivity contribution in [3.63, 3.8) is 0 Å². The van der Waals surface area contributed by atoms with Crippen LogP contribution in [0.5, 0.6) is 0 Å². The van der Waals surface area contributed by atoms with Crippen LogP contribution in [0, 0.1) is 46.8 Å². The number of aromatic nitrogens is 4. The number of rotatable bonds is 4. The Kier molecular flexibility index (Phi) is 10.1. The number of hydrogen-bond acceptors (Lipinski definition) is 5. The minimum absolute atomic E-state index is 0. The summed E-state index contributed by atoms with van der Waals surface area (Å²) in [6.45, 7) is 10.4. The van der Waals surface area contributed by atoms with Gasteiger partial charge in [-0.2, -0.15) is 0 Å². The Labute approximate surface area is 323 Å². The van der Waals surface area contributed by atoms with E-state index in [1.165, 1.54) is 38.9 Å². The molecule has 9 rings (SSSR count). The van der Waals surface area contributed by atoms with Crippen LogP contribution in [-0.4, -0.2) is 19.9 Å². The summed E-state index contributed by atoms with van der Waals surface area (Å²) in [5.74, 6) is 0. The molecule has 5 aromatic heterocycles. The minimum Gasteiger partial charge on any atom is -0.486 e. The summed E-state index contributed by atoms with van der Waals surface area (Å²) in [5, 5.41) is 3.15. The minimum atomic E-state index is 0. The molecule has 0 aliphatic carbocycles. The zero-order valence-electron chi connectivity index (χ0n) is 30.2. The number of furan rings is 1. The summed E-state index contributed by atoms with van der Waals surface area (Å²) < 4.78 is 6.16. The molecule has 5 nitrogen and oxygen atoms in total. The third-order valence-corrected chi connectivity index (χ3v) is 9.60. The summed E-state index contributed by atoms with van der Waals surface area (Å²) in [6, 6.07) is 44.0. The van der Waals surface area contributed by atoms with E-state index >= 15 is 0 Å². The third-order valence-electron chi connectivity index (χ3n) is 9.60. The van der Waals surface area contributed by atoms with Gasteiger partial charge in [0.05, 0.1) is 11.1 Å². The van der Waals surface area contributed by atoms with Crippen molar-refractivity contribution >= 4 is 33.0 Å². The molecule has 0 saturated heterocycles. The van der Waals surface area contributed by atoms with E-state index in [0.29, 0.717) is 5.71 Å². The fraction of sp³-hybridized carbons (Fsp3) is 0.106. The molecule has 0 unspecified atom stereocenters. The van der Waals surface area contributed by atoms with Gasteiger partial charge < -0.3 is 14.4 Å². The Morgan fingerprint density at radius 3 is 2.25 bits per heavy atom. The zero-order valence-corrected chi connectivity index (χ0v) is 32.5. The zero-order chi connectivity index (χ0) is 35.8. The van der Waals surface area contributed by atoms with Gasteiger partial charge in [0.15, 0.2) is 0 Å². The molecule has 5 heterocycles. The number of benzene rings is 4. The Morgan fingerprint density at radius 1 is 0.585 bits per heavy atom. The maximum Gasteiger partial charge on any atom is 0.216 e. The van der Waals surface area contributed by atoms with E-state index in [-0.39, 0.29) is 20.1 Å². The van der Waals surface area contributed by atoms with Crippen LogP contribution in [0.15, 0.2) is 132 Å². The molecule has 0 atom stereocenters. The van der Waals surface area contributed by atoms with Crippen molar-refractivity contribution in [2.75, 3.05) is 0 Å². The largest absolute Gasteiger partial charge is 0.486 e. The van der Waals surface area contributed by atoms with Crippen LogP contribution >= 0.6 is 0 Å². The average Bonchev–Trinajstić information content (AvgIpc) is 3.54. The van der Waals surface area contributed by atoms with Crippen molar-refractivity contribution in [1.29, 1.82) is 0 Å². The fourth-order valence-corrected chi connectivity index (χ4v) is 6.59. The van der Waals surface area contributed by atoms with Crippen LogP contribution in [0.25, 0.3) is 77.7 Å². The van der Waals surface area contributed by atoms with E-state index in [9.17, 15) is 0 Å². The topological polar surface area (TPSA) is 64.7 Å². The maximum atomic E-state index is 6.16. The fourth-order valence-electron chi connectivity index (χ4n) is 6.59. The van der Waals surface area contributed by atoms with Crippen molar-refractivity contribution in [2.45, 2.75) is 34.6 Å². The van der Waals surface area contributed by atoms with Crippen LogP contribution in [0.4, 0.5) is 0 Å². The van der Waals surface area contributed by atoms with E-state index in [0.717, 1.165) is 61.0 Å². The van der Waals surface area contributed by atoms with E-state index in [1.807, 2.05) is 61.9 Å². The molecule has 4 aromatic carbocycles. The molecule has 0 aliphatic heterocycles. The van der Waals surface area contributed by atoms with Gasteiger partial charge in [0.1, 0.15) is 0 Å². The van der Waals surface area contributed by atoms with Gasteiger partial charge in [-0.15, -0.1) is 47.5 Å². The van der Waals surface area contributed by atoms with Gasteiger partial charge >= 0.3 is 0 Å². The molecule has 6 heteroatoms. The molecule has 0 fully saturated rings. The van der Waals surface area contributed by atoms with E-state index in [2.05, 4.69) is 133 Å². The molecule has 9 aromatic rings. The molecule has 261 valence electrons. The number of fused-ring (bicyclic) bond motifs is 4. The Hall–Kier alpha value is -5.81.